The van der Waals surface area contributed by atoms with Crippen LogP contribution in [0.2, 0.25) is 0 Å². The van der Waals surface area contributed by atoms with Gasteiger partial charge in [0.2, 0.25) is 29.1 Å². The maximum atomic E-state index is 12.0. The van der Waals surface area contributed by atoms with Crippen LogP contribution in [-0.4, -0.2) is 27.3 Å². The second kappa shape index (κ2) is 8.22. The Morgan fingerprint density at radius 1 is 1.26 bits per heavy atom. The average Bonchev–Trinajstić information content (AvgIpc) is 2.95. The van der Waals surface area contributed by atoms with Gasteiger partial charge in [-0.05, 0) is 18.6 Å². The molecular weight excluding hydrogens is 416 g/mol. The predicted octanol–water partition coefficient (Wildman–Crippen LogP) is 4.24. The second-order valence-corrected chi connectivity index (χ2v) is 6.55. The number of furan rings is 1. The summed E-state index contributed by atoms with van der Waals surface area (Å²) in [5.41, 5.74) is 1.06. The van der Waals surface area contributed by atoms with Gasteiger partial charge in [-0.1, -0.05) is 40.2 Å². The zero-order valence-electron chi connectivity index (χ0n) is 14.5. The number of hydrogen-bond donors (Lipinski definition) is 2. The molecule has 140 valence electrons. The predicted molar refractivity (Wildman–Crippen MR) is 104 cm³/mol. The number of hydrogen-bond acceptors (Lipinski definition) is 6. The summed E-state index contributed by atoms with van der Waals surface area (Å²) in [5, 5.41) is 14.6. The fourth-order valence-corrected chi connectivity index (χ4v) is 2.79. The van der Waals surface area contributed by atoms with Gasteiger partial charge in [0, 0.05) is 24.1 Å². The van der Waals surface area contributed by atoms with Gasteiger partial charge in [-0.25, -0.2) is 4.98 Å². The van der Waals surface area contributed by atoms with Crippen LogP contribution >= 0.6 is 15.9 Å². The number of pyridine rings is 1. The number of rotatable bonds is 6. The molecule has 8 heteroatoms. The van der Waals surface area contributed by atoms with Gasteiger partial charge in [0.1, 0.15) is 5.69 Å². The van der Waals surface area contributed by atoms with Gasteiger partial charge in [0.25, 0.3) is 0 Å². The van der Waals surface area contributed by atoms with E-state index in [1.165, 1.54) is 6.92 Å². The lowest BCUT2D eigenvalue weighted by atomic mass is 10.2. The Balaban J connectivity index is 2.01. The van der Waals surface area contributed by atoms with Crippen molar-refractivity contribution in [1.29, 1.82) is 0 Å². The molecule has 7 nitrogen and oxygen atoms in total. The molecule has 0 saturated heterocycles. The van der Waals surface area contributed by atoms with Crippen LogP contribution in [0.25, 0.3) is 22.4 Å². The van der Waals surface area contributed by atoms with Crippen LogP contribution < -0.4 is 10.1 Å². The standard InChI is InChI=1S/C19H17BrN2O5/c1-11(23)26-18-16(25)17(27-19(18)22-15(24)7-4-10-20)14-9-8-12-5-2-3-6-13(12)21-14/h2-3,5-6,8-9,25H,4,7,10H2,1H3,(H,22,24). The van der Waals surface area contributed by atoms with E-state index in [4.69, 9.17) is 9.15 Å². The molecule has 3 aromatic rings. The number of benzene rings is 1. The molecule has 0 radical (unpaired) electrons. The molecule has 0 atom stereocenters. The van der Waals surface area contributed by atoms with E-state index in [1.807, 2.05) is 30.3 Å². The number of halogens is 1. The molecule has 2 aromatic heterocycles. The van der Waals surface area contributed by atoms with E-state index in [1.54, 1.807) is 6.07 Å². The first-order valence-corrected chi connectivity index (χ1v) is 9.38. The van der Waals surface area contributed by atoms with Gasteiger partial charge in [0.15, 0.2) is 0 Å². The first kappa shape index (κ1) is 18.9. The molecule has 0 spiro atoms. The molecule has 2 N–H and O–H groups in total. The lowest BCUT2D eigenvalue weighted by Crippen LogP contribution is -2.12. The zero-order valence-corrected chi connectivity index (χ0v) is 16.1. The highest BCUT2D eigenvalue weighted by Crippen LogP contribution is 2.46. The average molecular weight is 433 g/mol. The number of aromatic hydroxyl groups is 1. The summed E-state index contributed by atoms with van der Waals surface area (Å²) in [7, 11) is 0. The third kappa shape index (κ3) is 4.28. The molecule has 0 aliphatic rings. The summed E-state index contributed by atoms with van der Waals surface area (Å²) < 4.78 is 10.6. The third-order valence-corrected chi connectivity index (χ3v) is 4.27. The SMILES string of the molecule is CC(=O)Oc1c(NC(=O)CCCBr)oc(-c2ccc3ccccc3n2)c1O. The minimum Gasteiger partial charge on any atom is -0.501 e. The van der Waals surface area contributed by atoms with E-state index in [-0.39, 0.29) is 29.7 Å². The topological polar surface area (TPSA) is 102 Å². The lowest BCUT2D eigenvalue weighted by Gasteiger charge is -2.04. The Kier molecular flexibility index (Phi) is 5.75. The van der Waals surface area contributed by atoms with Crippen molar-refractivity contribution in [1.82, 2.24) is 4.98 Å². The molecule has 0 unspecified atom stereocenters. The number of para-hydroxylation sites is 1. The largest absolute Gasteiger partial charge is 0.501 e. The summed E-state index contributed by atoms with van der Waals surface area (Å²) in [5.74, 6) is -1.74. The van der Waals surface area contributed by atoms with Crippen molar-refractivity contribution >= 4 is 44.6 Å². The van der Waals surface area contributed by atoms with Crippen molar-refractivity contribution in [2.75, 3.05) is 10.6 Å². The number of nitrogens with one attached hydrogen (secondary N) is 1. The summed E-state index contributed by atoms with van der Waals surface area (Å²) in [6.45, 7) is 1.19. The number of alkyl halides is 1. The molecule has 0 aliphatic heterocycles. The molecule has 2 heterocycles. The Morgan fingerprint density at radius 2 is 2.04 bits per heavy atom. The quantitative estimate of drug-likeness (QED) is 0.446. The first-order valence-electron chi connectivity index (χ1n) is 8.25. The minimum atomic E-state index is -0.653. The Morgan fingerprint density at radius 3 is 2.78 bits per heavy atom. The van der Waals surface area contributed by atoms with Crippen LogP contribution in [0.4, 0.5) is 5.88 Å². The fourth-order valence-electron chi connectivity index (χ4n) is 2.51. The zero-order chi connectivity index (χ0) is 19.4. The molecule has 0 fully saturated rings. The molecule has 3 rings (SSSR count). The number of carbonyl (C=O) groups excluding carboxylic acids is 2. The van der Waals surface area contributed by atoms with Crippen molar-refractivity contribution in [3.63, 3.8) is 0 Å². The monoisotopic (exact) mass is 432 g/mol. The third-order valence-electron chi connectivity index (χ3n) is 3.71. The van der Waals surface area contributed by atoms with Gasteiger partial charge in [-0.3, -0.25) is 14.9 Å². The number of aromatic nitrogens is 1. The summed E-state index contributed by atoms with van der Waals surface area (Å²) in [6, 6.07) is 11.0. The van der Waals surface area contributed by atoms with Crippen LogP contribution in [0.3, 0.4) is 0 Å². The number of carbonyl (C=O) groups is 2. The number of fused-ring (bicyclic) bond motifs is 1. The molecule has 1 aromatic carbocycles. The van der Waals surface area contributed by atoms with Crippen molar-refractivity contribution in [2.24, 2.45) is 0 Å². The van der Waals surface area contributed by atoms with Crippen LogP contribution in [0.1, 0.15) is 19.8 Å². The maximum absolute atomic E-state index is 12.0. The minimum absolute atomic E-state index is 0.00722. The summed E-state index contributed by atoms with van der Waals surface area (Å²) in [4.78, 5) is 27.9. The van der Waals surface area contributed by atoms with Gasteiger partial charge >= 0.3 is 5.97 Å². The second-order valence-electron chi connectivity index (χ2n) is 5.76. The maximum Gasteiger partial charge on any atom is 0.308 e. The highest BCUT2D eigenvalue weighted by atomic mass is 79.9. The summed E-state index contributed by atoms with van der Waals surface area (Å²) in [6.07, 6.45) is 0.871. The fraction of sp³-hybridized carbons (Fsp3) is 0.211. The molecule has 27 heavy (non-hydrogen) atoms. The van der Waals surface area contributed by atoms with Gasteiger partial charge in [-0.15, -0.1) is 0 Å². The van der Waals surface area contributed by atoms with E-state index in [2.05, 4.69) is 26.2 Å². The van der Waals surface area contributed by atoms with Crippen molar-refractivity contribution in [3.8, 4) is 23.0 Å². The smallest absolute Gasteiger partial charge is 0.308 e. The Hall–Kier alpha value is -2.87. The number of anilines is 1. The normalized spacial score (nSPS) is 10.7. The van der Waals surface area contributed by atoms with Crippen molar-refractivity contribution < 1.29 is 23.8 Å². The first-order chi connectivity index (χ1) is 13.0. The Bertz CT molecular complexity index is 999. The highest BCUT2D eigenvalue weighted by molar-refractivity contribution is 9.09. The van der Waals surface area contributed by atoms with E-state index < -0.39 is 11.7 Å². The van der Waals surface area contributed by atoms with Crippen molar-refractivity contribution in [2.45, 2.75) is 19.8 Å². The van der Waals surface area contributed by atoms with Crippen molar-refractivity contribution in [3.05, 3.63) is 36.4 Å². The molecule has 0 aliphatic carbocycles. The van der Waals surface area contributed by atoms with Gasteiger partial charge in [0.05, 0.1) is 5.52 Å². The molecule has 0 bridgehead atoms. The van der Waals surface area contributed by atoms with Crippen LogP contribution in [0, 0.1) is 0 Å². The van der Waals surface area contributed by atoms with E-state index in [0.29, 0.717) is 23.0 Å². The van der Waals surface area contributed by atoms with E-state index in [9.17, 15) is 14.7 Å². The summed E-state index contributed by atoms with van der Waals surface area (Å²) >= 11 is 3.26. The number of amides is 1. The van der Waals surface area contributed by atoms with Crippen LogP contribution in [0.5, 0.6) is 11.5 Å². The van der Waals surface area contributed by atoms with Gasteiger partial charge in [-0.2, -0.15) is 0 Å². The molecular formula is C19H17BrN2O5. The van der Waals surface area contributed by atoms with Crippen LogP contribution in [0.15, 0.2) is 40.8 Å². The number of esters is 1. The van der Waals surface area contributed by atoms with Gasteiger partial charge < -0.3 is 14.3 Å². The van der Waals surface area contributed by atoms with E-state index >= 15 is 0 Å². The van der Waals surface area contributed by atoms with E-state index in [0.717, 1.165) is 5.39 Å². The Labute approximate surface area is 163 Å². The molecule has 1 amide bonds. The lowest BCUT2D eigenvalue weighted by molar-refractivity contribution is -0.132. The number of nitrogens with zero attached hydrogens (tertiary/aromatic N) is 1. The molecule has 0 saturated carbocycles. The number of ether oxygens (including phenoxy) is 1. The van der Waals surface area contributed by atoms with Crippen LogP contribution in [-0.2, 0) is 9.59 Å². The highest BCUT2D eigenvalue weighted by Gasteiger charge is 2.26.